The van der Waals surface area contributed by atoms with E-state index in [1.165, 1.54) is 17.7 Å². The molecule has 1 aromatic carbocycles. The van der Waals surface area contributed by atoms with E-state index in [1.807, 2.05) is 10.9 Å². The molecule has 106 valence electrons. The first-order valence-electron chi connectivity index (χ1n) is 7.14. The molecule has 0 aliphatic carbocycles. The Kier molecular flexibility index (Phi) is 3.47. The van der Waals surface area contributed by atoms with Gasteiger partial charge in [0.1, 0.15) is 0 Å². The molecule has 2 heterocycles. The summed E-state index contributed by atoms with van der Waals surface area (Å²) in [6.07, 6.45) is 6.31. The Hall–Kier alpha value is -1.48. The van der Waals surface area contributed by atoms with E-state index in [2.05, 4.69) is 49.2 Å². The van der Waals surface area contributed by atoms with Gasteiger partial charge in [0.15, 0.2) is 0 Å². The lowest BCUT2D eigenvalue weighted by Crippen LogP contribution is -2.24. The van der Waals surface area contributed by atoms with E-state index in [-0.39, 0.29) is 0 Å². The number of anilines is 1. The van der Waals surface area contributed by atoms with Crippen molar-refractivity contribution in [3.05, 3.63) is 35.1 Å². The summed E-state index contributed by atoms with van der Waals surface area (Å²) in [5.41, 5.74) is 4.84. The molecule has 3 nitrogen and oxygen atoms in total. The van der Waals surface area contributed by atoms with Crippen LogP contribution < -0.4 is 4.90 Å². The van der Waals surface area contributed by atoms with Crippen LogP contribution in [0.2, 0.25) is 5.02 Å². The molecule has 2 aromatic rings. The number of halogens is 1. The van der Waals surface area contributed by atoms with Crippen molar-refractivity contribution in [1.82, 2.24) is 9.78 Å². The second-order valence-electron chi connectivity index (χ2n) is 5.79. The lowest BCUT2D eigenvalue weighted by Gasteiger charge is -2.28. The number of hydrogen-bond acceptors (Lipinski definition) is 2. The van der Waals surface area contributed by atoms with Gasteiger partial charge in [0, 0.05) is 42.6 Å². The fourth-order valence-electron chi connectivity index (χ4n) is 2.77. The first-order chi connectivity index (χ1) is 9.56. The summed E-state index contributed by atoms with van der Waals surface area (Å²) in [6.45, 7) is 5.36. The van der Waals surface area contributed by atoms with Crippen molar-refractivity contribution in [2.24, 2.45) is 0 Å². The molecule has 20 heavy (non-hydrogen) atoms. The molecule has 0 spiro atoms. The van der Waals surface area contributed by atoms with Crippen LogP contribution in [0, 0.1) is 0 Å². The van der Waals surface area contributed by atoms with Gasteiger partial charge in [-0.1, -0.05) is 11.6 Å². The molecule has 0 saturated carbocycles. The van der Waals surface area contributed by atoms with E-state index in [1.54, 1.807) is 0 Å². The van der Waals surface area contributed by atoms with Gasteiger partial charge >= 0.3 is 0 Å². The minimum absolute atomic E-state index is 0.367. The molecule has 1 aromatic heterocycles. The highest BCUT2D eigenvalue weighted by molar-refractivity contribution is 6.33. The van der Waals surface area contributed by atoms with Crippen LogP contribution in [-0.2, 0) is 6.42 Å². The first kappa shape index (κ1) is 13.5. The lowest BCUT2D eigenvalue weighted by molar-refractivity contribution is 0.532. The molecule has 0 bridgehead atoms. The molecule has 0 fully saturated rings. The predicted octanol–water partition coefficient (Wildman–Crippen LogP) is 4.17. The zero-order valence-electron chi connectivity index (χ0n) is 12.2. The monoisotopic (exact) mass is 289 g/mol. The van der Waals surface area contributed by atoms with Gasteiger partial charge in [-0.3, -0.25) is 4.68 Å². The maximum atomic E-state index is 6.49. The van der Waals surface area contributed by atoms with Crippen molar-refractivity contribution >= 4 is 17.3 Å². The zero-order chi connectivity index (χ0) is 14.3. The van der Waals surface area contributed by atoms with Gasteiger partial charge in [0.2, 0.25) is 0 Å². The molecule has 1 aliphatic rings. The number of fused-ring (bicyclic) bond motifs is 1. The number of rotatable bonds is 2. The highest BCUT2D eigenvalue weighted by Gasteiger charge is 2.17. The van der Waals surface area contributed by atoms with Gasteiger partial charge < -0.3 is 4.90 Å². The normalized spacial score (nSPS) is 14.8. The number of aromatic nitrogens is 2. The summed E-state index contributed by atoms with van der Waals surface area (Å²) < 4.78 is 1.97. The van der Waals surface area contributed by atoms with E-state index < -0.39 is 0 Å². The van der Waals surface area contributed by atoms with Crippen LogP contribution in [0.15, 0.2) is 24.5 Å². The number of benzene rings is 1. The summed E-state index contributed by atoms with van der Waals surface area (Å²) in [6, 6.07) is 4.69. The molecule has 0 saturated heterocycles. The van der Waals surface area contributed by atoms with Crippen molar-refractivity contribution in [3.63, 3.8) is 0 Å². The molecule has 0 radical (unpaired) electrons. The van der Waals surface area contributed by atoms with Crippen LogP contribution >= 0.6 is 11.6 Å². The predicted molar refractivity (Wildman–Crippen MR) is 84.6 cm³/mol. The fraction of sp³-hybridized carbons (Fsp3) is 0.438. The van der Waals surface area contributed by atoms with E-state index >= 15 is 0 Å². The summed E-state index contributed by atoms with van der Waals surface area (Å²) in [7, 11) is 2.13. The van der Waals surface area contributed by atoms with Crippen molar-refractivity contribution in [3.8, 4) is 11.1 Å². The van der Waals surface area contributed by atoms with Gasteiger partial charge in [-0.2, -0.15) is 5.10 Å². The first-order valence-corrected chi connectivity index (χ1v) is 7.52. The number of nitrogens with zero attached hydrogens (tertiary/aromatic N) is 3. The topological polar surface area (TPSA) is 21.1 Å². The minimum atomic E-state index is 0.367. The van der Waals surface area contributed by atoms with Gasteiger partial charge in [-0.25, -0.2) is 0 Å². The van der Waals surface area contributed by atoms with E-state index in [0.29, 0.717) is 6.04 Å². The number of hydrogen-bond donors (Lipinski definition) is 0. The molecular weight excluding hydrogens is 270 g/mol. The zero-order valence-corrected chi connectivity index (χ0v) is 13.0. The largest absolute Gasteiger partial charge is 0.374 e. The number of aryl methyl sites for hydroxylation is 1. The molecular formula is C16H20ClN3. The van der Waals surface area contributed by atoms with Gasteiger partial charge in [-0.05, 0) is 44.4 Å². The second kappa shape index (κ2) is 5.13. The second-order valence-corrected chi connectivity index (χ2v) is 6.20. The van der Waals surface area contributed by atoms with Crippen LogP contribution in [0.3, 0.4) is 0 Å². The smallest absolute Gasteiger partial charge is 0.0568 e. The van der Waals surface area contributed by atoms with Crippen LogP contribution in [0.5, 0.6) is 0 Å². The minimum Gasteiger partial charge on any atom is -0.374 e. The SMILES string of the molecule is CC(C)n1cc(-c2cc3c(cc2Cl)N(C)CCC3)cn1. The van der Waals surface area contributed by atoms with Crippen LogP contribution in [-0.4, -0.2) is 23.4 Å². The quantitative estimate of drug-likeness (QED) is 0.827. The highest BCUT2D eigenvalue weighted by atomic mass is 35.5. The lowest BCUT2D eigenvalue weighted by atomic mass is 9.97. The Morgan fingerprint density at radius 2 is 2.10 bits per heavy atom. The van der Waals surface area contributed by atoms with Crippen molar-refractivity contribution in [1.29, 1.82) is 0 Å². The maximum Gasteiger partial charge on any atom is 0.0568 e. The van der Waals surface area contributed by atoms with E-state index in [9.17, 15) is 0 Å². The molecule has 0 amide bonds. The van der Waals surface area contributed by atoms with E-state index in [4.69, 9.17) is 11.6 Å². The molecule has 0 atom stereocenters. The summed E-state index contributed by atoms with van der Waals surface area (Å²) in [5, 5.41) is 5.21. The van der Waals surface area contributed by atoms with Crippen LogP contribution in [0.1, 0.15) is 31.9 Å². The Balaban J connectivity index is 2.05. The highest BCUT2D eigenvalue weighted by Crippen LogP contribution is 2.36. The fourth-order valence-corrected chi connectivity index (χ4v) is 3.04. The summed E-state index contributed by atoms with van der Waals surface area (Å²) in [5.74, 6) is 0. The third-order valence-electron chi connectivity index (χ3n) is 3.96. The Bertz CT molecular complexity index is 631. The summed E-state index contributed by atoms with van der Waals surface area (Å²) in [4.78, 5) is 2.28. The molecule has 4 heteroatoms. The average molecular weight is 290 g/mol. The van der Waals surface area contributed by atoms with Crippen molar-refractivity contribution in [2.45, 2.75) is 32.7 Å². The van der Waals surface area contributed by atoms with Gasteiger partial charge in [0.05, 0.1) is 11.2 Å². The van der Waals surface area contributed by atoms with Crippen LogP contribution in [0.25, 0.3) is 11.1 Å². The average Bonchev–Trinajstić information content (AvgIpc) is 2.89. The third-order valence-corrected chi connectivity index (χ3v) is 4.27. The molecule has 1 aliphatic heterocycles. The van der Waals surface area contributed by atoms with Crippen molar-refractivity contribution < 1.29 is 0 Å². The molecule has 0 N–H and O–H groups in total. The van der Waals surface area contributed by atoms with E-state index in [0.717, 1.165) is 29.1 Å². The molecule has 0 unspecified atom stereocenters. The summed E-state index contributed by atoms with van der Waals surface area (Å²) >= 11 is 6.49. The van der Waals surface area contributed by atoms with Crippen molar-refractivity contribution in [2.75, 3.05) is 18.5 Å². The standard InChI is InChI=1S/C16H20ClN3/c1-11(2)20-10-13(9-18-20)14-7-12-5-4-6-19(3)16(12)8-15(14)17/h7-11H,4-6H2,1-3H3. The van der Waals surface area contributed by atoms with Gasteiger partial charge in [-0.15, -0.1) is 0 Å². The Morgan fingerprint density at radius 3 is 2.80 bits per heavy atom. The van der Waals surface area contributed by atoms with Crippen LogP contribution in [0.4, 0.5) is 5.69 Å². The maximum absolute atomic E-state index is 6.49. The van der Waals surface area contributed by atoms with Gasteiger partial charge in [0.25, 0.3) is 0 Å². The Morgan fingerprint density at radius 1 is 1.30 bits per heavy atom. The molecule has 3 rings (SSSR count). The third kappa shape index (κ3) is 2.31. The Labute approximate surface area is 125 Å².